The van der Waals surface area contributed by atoms with Gasteiger partial charge in [0.05, 0.1) is 17.3 Å². The maximum Gasteiger partial charge on any atom is 0.226 e. The molecule has 0 aliphatic rings. The zero-order chi connectivity index (χ0) is 19.9. The molecule has 0 aliphatic carbocycles. The fourth-order valence-corrected chi connectivity index (χ4v) is 3.31. The van der Waals surface area contributed by atoms with Gasteiger partial charge in [0.1, 0.15) is 0 Å². The Labute approximate surface area is 166 Å². The lowest BCUT2D eigenvalue weighted by atomic mass is 10.1. The SMILES string of the molecule is CC(=O)Nc1ccc(-c2csc(NC(=O)CCc3ccc(C#N)cc3)n2)cc1. The van der Waals surface area contributed by atoms with Crippen LogP contribution in [0.25, 0.3) is 11.3 Å². The van der Waals surface area contributed by atoms with E-state index in [-0.39, 0.29) is 11.8 Å². The van der Waals surface area contributed by atoms with Crippen LogP contribution in [0.2, 0.25) is 0 Å². The number of carbonyl (C=O) groups excluding carboxylic acids is 2. The molecule has 6 nitrogen and oxygen atoms in total. The molecule has 7 heteroatoms. The summed E-state index contributed by atoms with van der Waals surface area (Å²) in [7, 11) is 0. The van der Waals surface area contributed by atoms with E-state index in [2.05, 4.69) is 21.7 Å². The van der Waals surface area contributed by atoms with E-state index < -0.39 is 0 Å². The van der Waals surface area contributed by atoms with Crippen molar-refractivity contribution in [3.05, 3.63) is 65.0 Å². The number of nitrogens with zero attached hydrogens (tertiary/aromatic N) is 2. The van der Waals surface area contributed by atoms with Crippen molar-refractivity contribution in [1.29, 1.82) is 5.26 Å². The van der Waals surface area contributed by atoms with Gasteiger partial charge in [-0.15, -0.1) is 11.3 Å². The van der Waals surface area contributed by atoms with E-state index >= 15 is 0 Å². The third-order valence-electron chi connectivity index (χ3n) is 3.98. The van der Waals surface area contributed by atoms with E-state index in [0.717, 1.165) is 22.5 Å². The van der Waals surface area contributed by atoms with Crippen molar-refractivity contribution in [2.45, 2.75) is 19.8 Å². The minimum absolute atomic E-state index is 0.105. The molecule has 140 valence electrons. The Morgan fingerprint density at radius 1 is 1.07 bits per heavy atom. The van der Waals surface area contributed by atoms with Crippen LogP contribution in [-0.2, 0) is 16.0 Å². The number of aromatic nitrogens is 1. The fourth-order valence-electron chi connectivity index (χ4n) is 2.58. The summed E-state index contributed by atoms with van der Waals surface area (Å²) in [4.78, 5) is 27.7. The van der Waals surface area contributed by atoms with E-state index in [1.807, 2.05) is 41.8 Å². The number of carbonyl (C=O) groups is 2. The van der Waals surface area contributed by atoms with Crippen LogP contribution in [0.1, 0.15) is 24.5 Å². The molecular weight excluding hydrogens is 372 g/mol. The summed E-state index contributed by atoms with van der Waals surface area (Å²) in [6.45, 7) is 1.46. The monoisotopic (exact) mass is 390 g/mol. The highest BCUT2D eigenvalue weighted by Gasteiger charge is 2.09. The van der Waals surface area contributed by atoms with Crippen molar-refractivity contribution in [2.24, 2.45) is 0 Å². The highest BCUT2D eigenvalue weighted by molar-refractivity contribution is 7.14. The van der Waals surface area contributed by atoms with Crippen LogP contribution >= 0.6 is 11.3 Å². The zero-order valence-electron chi connectivity index (χ0n) is 15.2. The highest BCUT2D eigenvalue weighted by atomic mass is 32.1. The molecule has 2 amide bonds. The van der Waals surface area contributed by atoms with Gasteiger partial charge in [-0.2, -0.15) is 5.26 Å². The number of rotatable bonds is 6. The molecule has 0 radical (unpaired) electrons. The van der Waals surface area contributed by atoms with Gasteiger partial charge in [0, 0.05) is 30.0 Å². The van der Waals surface area contributed by atoms with Gasteiger partial charge in [0.15, 0.2) is 5.13 Å². The Kier molecular flexibility index (Phi) is 6.14. The second-order valence-corrected chi connectivity index (χ2v) is 7.01. The first-order chi connectivity index (χ1) is 13.5. The third kappa shape index (κ3) is 5.25. The van der Waals surface area contributed by atoms with E-state index in [4.69, 9.17) is 5.26 Å². The smallest absolute Gasteiger partial charge is 0.226 e. The molecule has 0 saturated heterocycles. The largest absolute Gasteiger partial charge is 0.326 e. The van der Waals surface area contributed by atoms with Gasteiger partial charge in [-0.05, 0) is 36.2 Å². The molecule has 0 aliphatic heterocycles. The molecule has 0 spiro atoms. The summed E-state index contributed by atoms with van der Waals surface area (Å²) in [6, 6.07) is 16.7. The molecule has 3 aromatic rings. The Morgan fingerprint density at radius 3 is 2.43 bits per heavy atom. The fraction of sp³-hybridized carbons (Fsp3) is 0.143. The summed E-state index contributed by atoms with van der Waals surface area (Å²) in [6.07, 6.45) is 0.937. The van der Waals surface area contributed by atoms with E-state index in [1.54, 1.807) is 12.1 Å². The van der Waals surface area contributed by atoms with Crippen molar-refractivity contribution in [2.75, 3.05) is 10.6 Å². The van der Waals surface area contributed by atoms with Gasteiger partial charge in [-0.25, -0.2) is 4.98 Å². The number of benzene rings is 2. The number of nitrogens with one attached hydrogen (secondary N) is 2. The van der Waals surface area contributed by atoms with Crippen LogP contribution in [0.4, 0.5) is 10.8 Å². The summed E-state index contributed by atoms with van der Waals surface area (Å²) in [5.41, 5.74) is 4.01. The van der Waals surface area contributed by atoms with Crippen molar-refractivity contribution in [3.63, 3.8) is 0 Å². The number of hydrogen-bond acceptors (Lipinski definition) is 5. The number of aryl methyl sites for hydroxylation is 1. The van der Waals surface area contributed by atoms with Gasteiger partial charge in [0.2, 0.25) is 11.8 Å². The standard InChI is InChI=1S/C21H18N4O2S/c1-14(26)23-18-9-7-17(8-10-18)19-13-28-21(24-19)25-20(27)11-6-15-2-4-16(12-22)5-3-15/h2-5,7-10,13H,6,11H2,1H3,(H,23,26)(H,24,25,27). The van der Waals surface area contributed by atoms with Crippen LogP contribution in [0.5, 0.6) is 0 Å². The Hall–Kier alpha value is -3.50. The van der Waals surface area contributed by atoms with Gasteiger partial charge in [-0.3, -0.25) is 9.59 Å². The number of nitriles is 1. The van der Waals surface area contributed by atoms with Crippen LogP contribution in [-0.4, -0.2) is 16.8 Å². The maximum absolute atomic E-state index is 12.2. The van der Waals surface area contributed by atoms with E-state index in [0.29, 0.717) is 23.5 Å². The number of hydrogen-bond donors (Lipinski definition) is 2. The molecule has 2 N–H and O–H groups in total. The van der Waals surface area contributed by atoms with Crippen molar-refractivity contribution < 1.29 is 9.59 Å². The lowest BCUT2D eigenvalue weighted by Gasteiger charge is -2.03. The average Bonchev–Trinajstić information content (AvgIpc) is 3.15. The van der Waals surface area contributed by atoms with Gasteiger partial charge >= 0.3 is 0 Å². The quantitative estimate of drug-likeness (QED) is 0.659. The van der Waals surface area contributed by atoms with Gasteiger partial charge in [0.25, 0.3) is 0 Å². The van der Waals surface area contributed by atoms with Crippen LogP contribution in [0.15, 0.2) is 53.9 Å². The van der Waals surface area contributed by atoms with Crippen molar-refractivity contribution >= 4 is 34.0 Å². The van der Waals surface area contributed by atoms with Gasteiger partial charge < -0.3 is 10.6 Å². The number of anilines is 2. The minimum Gasteiger partial charge on any atom is -0.326 e. The first-order valence-electron chi connectivity index (χ1n) is 8.66. The van der Waals surface area contributed by atoms with Crippen LogP contribution in [0, 0.1) is 11.3 Å². The lowest BCUT2D eigenvalue weighted by molar-refractivity contribution is -0.116. The zero-order valence-corrected chi connectivity index (χ0v) is 16.0. The molecule has 1 heterocycles. The van der Waals surface area contributed by atoms with Gasteiger partial charge in [-0.1, -0.05) is 24.3 Å². The molecule has 0 atom stereocenters. The molecular formula is C21H18N4O2S. The molecule has 0 bridgehead atoms. The predicted octanol–water partition coefficient (Wildman–Crippen LogP) is 4.21. The number of amides is 2. The first-order valence-corrected chi connectivity index (χ1v) is 9.54. The summed E-state index contributed by atoms with van der Waals surface area (Å²) >= 11 is 1.37. The second kappa shape index (κ2) is 8.93. The van der Waals surface area contributed by atoms with Crippen LogP contribution < -0.4 is 10.6 Å². The first kappa shape index (κ1) is 19.3. The van der Waals surface area contributed by atoms with Crippen LogP contribution in [0.3, 0.4) is 0 Å². The number of thiazole rings is 1. The third-order valence-corrected chi connectivity index (χ3v) is 4.73. The van der Waals surface area contributed by atoms with Crippen molar-refractivity contribution in [1.82, 2.24) is 4.98 Å². The Bertz CT molecular complexity index is 1020. The Morgan fingerprint density at radius 2 is 1.79 bits per heavy atom. The molecule has 2 aromatic carbocycles. The normalized spacial score (nSPS) is 10.1. The van der Waals surface area contributed by atoms with E-state index in [1.165, 1.54) is 18.3 Å². The average molecular weight is 390 g/mol. The highest BCUT2D eigenvalue weighted by Crippen LogP contribution is 2.26. The maximum atomic E-state index is 12.2. The predicted molar refractivity (Wildman–Crippen MR) is 110 cm³/mol. The van der Waals surface area contributed by atoms with E-state index in [9.17, 15) is 9.59 Å². The molecule has 0 unspecified atom stereocenters. The summed E-state index contributed by atoms with van der Waals surface area (Å²) in [5, 5.41) is 16.8. The second-order valence-electron chi connectivity index (χ2n) is 6.15. The minimum atomic E-state index is -0.118. The summed E-state index contributed by atoms with van der Waals surface area (Å²) < 4.78 is 0. The molecule has 28 heavy (non-hydrogen) atoms. The molecule has 0 fully saturated rings. The topological polar surface area (TPSA) is 94.9 Å². The molecule has 3 rings (SSSR count). The molecule has 1 aromatic heterocycles. The lowest BCUT2D eigenvalue weighted by Crippen LogP contribution is -2.12. The summed E-state index contributed by atoms with van der Waals surface area (Å²) in [5.74, 6) is -0.223. The van der Waals surface area contributed by atoms with Crippen molar-refractivity contribution in [3.8, 4) is 17.3 Å². The Balaban J connectivity index is 1.55. The molecule has 0 saturated carbocycles.